The van der Waals surface area contributed by atoms with E-state index < -0.39 is 10.0 Å². The van der Waals surface area contributed by atoms with Crippen molar-refractivity contribution in [3.05, 3.63) is 23.2 Å². The number of nitrogens with zero attached hydrogens (tertiary/aromatic N) is 2. The van der Waals surface area contributed by atoms with Crippen LogP contribution in [0.15, 0.2) is 23.1 Å². The highest BCUT2D eigenvalue weighted by Gasteiger charge is 2.28. The smallest absolute Gasteiger partial charge is 0.243 e. The van der Waals surface area contributed by atoms with Crippen molar-refractivity contribution in [2.45, 2.75) is 31.1 Å². The molecule has 0 radical (unpaired) electrons. The van der Waals surface area contributed by atoms with Crippen molar-refractivity contribution in [3.8, 4) is 5.75 Å². The van der Waals surface area contributed by atoms with Gasteiger partial charge < -0.3 is 9.64 Å². The molecule has 0 atom stereocenters. The number of amides is 1. The van der Waals surface area contributed by atoms with Gasteiger partial charge in [-0.05, 0) is 37.5 Å². The zero-order valence-electron chi connectivity index (χ0n) is 14.0. The number of ether oxygens (including phenoxy) is 1. The minimum absolute atomic E-state index is 0.0570. The number of sulfonamides is 1. The summed E-state index contributed by atoms with van der Waals surface area (Å²) in [5.41, 5.74) is 0. The van der Waals surface area contributed by atoms with E-state index in [1.807, 2.05) is 0 Å². The molecule has 0 aliphatic carbocycles. The predicted molar refractivity (Wildman–Crippen MR) is 92.9 cm³/mol. The monoisotopic (exact) mass is 374 g/mol. The third kappa shape index (κ3) is 4.20. The first-order chi connectivity index (χ1) is 11.4. The molecule has 6 nitrogen and oxygen atoms in total. The Morgan fingerprint density at radius 1 is 1.29 bits per heavy atom. The van der Waals surface area contributed by atoms with Crippen LogP contribution in [0, 0.1) is 0 Å². The van der Waals surface area contributed by atoms with Crippen LogP contribution < -0.4 is 4.74 Å². The summed E-state index contributed by atoms with van der Waals surface area (Å²) < 4.78 is 31.8. The second-order valence-electron chi connectivity index (χ2n) is 5.67. The molecule has 8 heteroatoms. The molecule has 1 fully saturated rings. The highest BCUT2D eigenvalue weighted by atomic mass is 35.5. The second-order valence-corrected chi connectivity index (χ2v) is 8.01. The van der Waals surface area contributed by atoms with E-state index >= 15 is 0 Å². The zero-order chi connectivity index (χ0) is 17.7. The van der Waals surface area contributed by atoms with Crippen molar-refractivity contribution in [2.24, 2.45) is 0 Å². The number of methoxy groups -OCH3 is 1. The molecule has 0 saturated carbocycles. The minimum Gasteiger partial charge on any atom is -0.495 e. The summed E-state index contributed by atoms with van der Waals surface area (Å²) in [4.78, 5) is 14.2. The number of carbonyl (C=O) groups is 1. The van der Waals surface area contributed by atoms with Crippen LogP contribution in [-0.4, -0.2) is 56.8 Å². The Morgan fingerprint density at radius 3 is 2.50 bits per heavy atom. The molecule has 1 aromatic rings. The van der Waals surface area contributed by atoms with Gasteiger partial charge in [0.1, 0.15) is 5.75 Å². The second kappa shape index (κ2) is 8.18. The van der Waals surface area contributed by atoms with E-state index in [1.165, 1.54) is 29.6 Å². The Balaban J connectivity index is 2.18. The van der Waals surface area contributed by atoms with E-state index in [1.54, 1.807) is 11.8 Å². The zero-order valence-corrected chi connectivity index (χ0v) is 15.6. The lowest BCUT2D eigenvalue weighted by Gasteiger charge is -2.29. The summed E-state index contributed by atoms with van der Waals surface area (Å²) in [6.45, 7) is 3.18. The van der Waals surface area contributed by atoms with Gasteiger partial charge in [-0.1, -0.05) is 18.5 Å². The molecule has 1 aliphatic heterocycles. The van der Waals surface area contributed by atoms with Crippen LogP contribution in [0.3, 0.4) is 0 Å². The Morgan fingerprint density at radius 2 is 1.96 bits per heavy atom. The van der Waals surface area contributed by atoms with Gasteiger partial charge in [0.2, 0.25) is 15.9 Å². The Labute approximate surface area is 148 Å². The van der Waals surface area contributed by atoms with E-state index in [0.717, 1.165) is 19.3 Å². The lowest BCUT2D eigenvalue weighted by atomic mass is 10.1. The van der Waals surface area contributed by atoms with Gasteiger partial charge in [-0.25, -0.2) is 8.42 Å². The van der Waals surface area contributed by atoms with E-state index in [4.69, 9.17) is 16.3 Å². The average Bonchev–Trinajstić information content (AvgIpc) is 2.59. The van der Waals surface area contributed by atoms with Crippen LogP contribution in [0.4, 0.5) is 0 Å². The summed E-state index contributed by atoms with van der Waals surface area (Å²) in [6.07, 6.45) is 3.06. The summed E-state index contributed by atoms with van der Waals surface area (Å²) in [5, 5.41) is 0.219. The molecule has 0 bridgehead atoms. The molecule has 0 N–H and O–H groups in total. The van der Waals surface area contributed by atoms with E-state index in [0.29, 0.717) is 18.8 Å². The number of hydrogen-bond acceptors (Lipinski definition) is 4. The summed E-state index contributed by atoms with van der Waals surface area (Å²) in [5.74, 6) is 0.253. The largest absolute Gasteiger partial charge is 0.495 e. The van der Waals surface area contributed by atoms with E-state index in [9.17, 15) is 13.2 Å². The fraction of sp³-hybridized carbons (Fsp3) is 0.562. The number of likely N-dealkylation sites (tertiary alicyclic amines) is 1. The molecule has 0 unspecified atom stereocenters. The van der Waals surface area contributed by atoms with Gasteiger partial charge in [0.15, 0.2) is 0 Å². The number of carbonyl (C=O) groups excluding carboxylic acids is 1. The number of rotatable bonds is 6. The maximum absolute atomic E-state index is 12.8. The average molecular weight is 375 g/mol. The van der Waals surface area contributed by atoms with Gasteiger partial charge in [-0.2, -0.15) is 4.31 Å². The molecule has 0 spiro atoms. The number of benzene rings is 1. The van der Waals surface area contributed by atoms with Gasteiger partial charge in [-0.15, -0.1) is 0 Å². The van der Waals surface area contributed by atoms with Crippen LogP contribution in [0.1, 0.15) is 26.2 Å². The molecule has 1 aromatic carbocycles. The maximum atomic E-state index is 12.8. The highest BCUT2D eigenvalue weighted by Crippen LogP contribution is 2.28. The third-order valence-electron chi connectivity index (χ3n) is 4.13. The van der Waals surface area contributed by atoms with Crippen LogP contribution in [0.25, 0.3) is 0 Å². The first-order valence-electron chi connectivity index (χ1n) is 8.01. The topological polar surface area (TPSA) is 66.9 Å². The molecular weight excluding hydrogens is 352 g/mol. The number of piperidine rings is 1. The lowest BCUT2D eigenvalue weighted by molar-refractivity contribution is -0.132. The van der Waals surface area contributed by atoms with Gasteiger partial charge in [0, 0.05) is 19.6 Å². The van der Waals surface area contributed by atoms with Gasteiger partial charge in [0.25, 0.3) is 0 Å². The standard InChI is InChI=1S/C16H23ClN2O4S/c1-3-19(12-16(20)18-9-5-4-6-10-18)24(21,22)13-7-8-15(23-2)14(17)11-13/h7-8,11H,3-6,9-10,12H2,1-2H3. The van der Waals surface area contributed by atoms with Crippen LogP contribution in [0.2, 0.25) is 5.02 Å². The third-order valence-corrected chi connectivity index (χ3v) is 6.35. The Bertz CT molecular complexity index is 687. The molecule has 1 aliphatic rings. The summed E-state index contributed by atoms with van der Waals surface area (Å²) >= 11 is 6.03. The molecule has 1 heterocycles. The van der Waals surface area contributed by atoms with Crippen LogP contribution in [-0.2, 0) is 14.8 Å². The van der Waals surface area contributed by atoms with Crippen molar-refractivity contribution >= 4 is 27.5 Å². The van der Waals surface area contributed by atoms with E-state index in [-0.39, 0.29) is 28.9 Å². The highest BCUT2D eigenvalue weighted by molar-refractivity contribution is 7.89. The summed E-state index contributed by atoms with van der Waals surface area (Å²) in [6, 6.07) is 4.30. The van der Waals surface area contributed by atoms with Crippen LogP contribution >= 0.6 is 11.6 Å². The van der Waals surface area contributed by atoms with Crippen molar-refractivity contribution in [1.29, 1.82) is 0 Å². The Kier molecular flexibility index (Phi) is 6.48. The molecule has 24 heavy (non-hydrogen) atoms. The first-order valence-corrected chi connectivity index (χ1v) is 9.83. The first kappa shape index (κ1) is 19.0. The van der Waals surface area contributed by atoms with Gasteiger partial charge in [-0.3, -0.25) is 4.79 Å². The van der Waals surface area contributed by atoms with Crippen molar-refractivity contribution in [3.63, 3.8) is 0 Å². The van der Waals surface area contributed by atoms with Crippen molar-refractivity contribution in [2.75, 3.05) is 33.3 Å². The van der Waals surface area contributed by atoms with Crippen molar-refractivity contribution < 1.29 is 17.9 Å². The van der Waals surface area contributed by atoms with Gasteiger partial charge >= 0.3 is 0 Å². The van der Waals surface area contributed by atoms with Crippen LogP contribution in [0.5, 0.6) is 5.75 Å². The van der Waals surface area contributed by atoms with Crippen molar-refractivity contribution in [1.82, 2.24) is 9.21 Å². The normalized spacial score (nSPS) is 15.6. The molecule has 1 amide bonds. The molecule has 0 aromatic heterocycles. The fourth-order valence-electron chi connectivity index (χ4n) is 2.72. The molecule has 2 rings (SSSR count). The lowest BCUT2D eigenvalue weighted by Crippen LogP contribution is -2.44. The number of halogens is 1. The predicted octanol–water partition coefficient (Wildman–Crippen LogP) is 2.37. The quantitative estimate of drug-likeness (QED) is 0.766. The van der Waals surface area contributed by atoms with Gasteiger partial charge in [0.05, 0.1) is 23.6 Å². The molecular formula is C16H23ClN2O4S. The minimum atomic E-state index is -3.79. The SMILES string of the molecule is CCN(CC(=O)N1CCCCC1)S(=O)(=O)c1ccc(OC)c(Cl)c1. The number of likely N-dealkylation sites (N-methyl/N-ethyl adjacent to an activating group) is 1. The molecule has 134 valence electrons. The maximum Gasteiger partial charge on any atom is 0.243 e. The Hall–Kier alpha value is -1.31. The van der Waals surface area contributed by atoms with E-state index in [2.05, 4.69) is 0 Å². The number of hydrogen-bond donors (Lipinski definition) is 0. The summed E-state index contributed by atoms with van der Waals surface area (Å²) in [7, 11) is -2.32. The molecule has 1 saturated heterocycles. The fourth-order valence-corrected chi connectivity index (χ4v) is 4.47.